The Labute approximate surface area is 165 Å². The van der Waals surface area contributed by atoms with Crippen molar-refractivity contribution < 1.29 is 13.2 Å². The van der Waals surface area contributed by atoms with Gasteiger partial charge in [0.1, 0.15) is 0 Å². The van der Waals surface area contributed by atoms with E-state index in [2.05, 4.69) is 10.3 Å². The molecule has 0 fully saturated rings. The number of hydrogen-bond donors (Lipinski definition) is 1. The standard InChI is InChI=1S/C21H23N3O3S/c1-4-24(5-2)28(26,27)18-13-11-17(12-14-18)21(25)23-19-8-6-7-16-10-9-15(3)22-20(16)19/h6-14H,4-5H2,1-3H3,(H,23,25). The van der Waals surface area contributed by atoms with Gasteiger partial charge in [0.25, 0.3) is 5.91 Å². The van der Waals surface area contributed by atoms with Crippen LogP contribution in [0.2, 0.25) is 0 Å². The van der Waals surface area contributed by atoms with Gasteiger partial charge in [-0.3, -0.25) is 9.78 Å². The topological polar surface area (TPSA) is 79.4 Å². The molecule has 1 heterocycles. The zero-order chi connectivity index (χ0) is 20.3. The maximum Gasteiger partial charge on any atom is 0.255 e. The number of nitrogens with one attached hydrogen (secondary N) is 1. The molecule has 0 unspecified atom stereocenters. The van der Waals surface area contributed by atoms with Gasteiger partial charge >= 0.3 is 0 Å². The Hall–Kier alpha value is -2.77. The van der Waals surface area contributed by atoms with Gasteiger partial charge in [0.2, 0.25) is 10.0 Å². The third-order valence-electron chi connectivity index (χ3n) is 4.57. The van der Waals surface area contributed by atoms with Crippen molar-refractivity contribution in [3.8, 4) is 0 Å². The molecule has 1 aromatic heterocycles. The number of pyridine rings is 1. The van der Waals surface area contributed by atoms with Crippen molar-refractivity contribution in [2.45, 2.75) is 25.7 Å². The highest BCUT2D eigenvalue weighted by Gasteiger charge is 2.21. The number of aromatic nitrogens is 1. The number of anilines is 1. The molecule has 0 saturated heterocycles. The summed E-state index contributed by atoms with van der Waals surface area (Å²) in [6, 6.07) is 15.4. The number of benzene rings is 2. The average Bonchev–Trinajstić information content (AvgIpc) is 2.69. The molecule has 3 rings (SSSR count). The number of para-hydroxylation sites is 1. The summed E-state index contributed by atoms with van der Waals surface area (Å²) in [5.74, 6) is -0.317. The van der Waals surface area contributed by atoms with Crippen molar-refractivity contribution in [2.24, 2.45) is 0 Å². The molecule has 1 N–H and O–H groups in total. The number of carbonyl (C=O) groups excluding carboxylic acids is 1. The highest BCUT2D eigenvalue weighted by molar-refractivity contribution is 7.89. The van der Waals surface area contributed by atoms with Crippen LogP contribution in [0, 0.1) is 6.92 Å². The van der Waals surface area contributed by atoms with Crippen LogP contribution in [-0.4, -0.2) is 36.7 Å². The number of amides is 1. The van der Waals surface area contributed by atoms with E-state index in [-0.39, 0.29) is 10.8 Å². The van der Waals surface area contributed by atoms with Crippen LogP contribution in [0.3, 0.4) is 0 Å². The lowest BCUT2D eigenvalue weighted by atomic mass is 10.1. The summed E-state index contributed by atoms with van der Waals surface area (Å²) < 4.78 is 26.5. The molecule has 0 radical (unpaired) electrons. The van der Waals surface area contributed by atoms with Gasteiger partial charge in [0.05, 0.1) is 16.1 Å². The predicted molar refractivity (Wildman–Crippen MR) is 111 cm³/mol. The van der Waals surface area contributed by atoms with Crippen molar-refractivity contribution in [3.05, 3.63) is 65.9 Å². The molecular formula is C21H23N3O3S. The molecule has 0 atom stereocenters. The lowest BCUT2D eigenvalue weighted by Crippen LogP contribution is -2.30. The number of carbonyl (C=O) groups is 1. The lowest BCUT2D eigenvalue weighted by molar-refractivity contribution is 0.102. The minimum atomic E-state index is -3.54. The molecule has 0 bridgehead atoms. The first-order chi connectivity index (χ1) is 13.4. The highest BCUT2D eigenvalue weighted by atomic mass is 32.2. The first-order valence-corrected chi connectivity index (χ1v) is 10.6. The average molecular weight is 398 g/mol. The van der Waals surface area contributed by atoms with Crippen molar-refractivity contribution in [2.75, 3.05) is 18.4 Å². The van der Waals surface area contributed by atoms with Gasteiger partial charge in [-0.1, -0.05) is 32.0 Å². The molecule has 3 aromatic rings. The maximum atomic E-state index is 12.7. The summed E-state index contributed by atoms with van der Waals surface area (Å²) in [6.45, 7) is 6.28. The van der Waals surface area contributed by atoms with Crippen LogP contribution in [0.15, 0.2) is 59.5 Å². The highest BCUT2D eigenvalue weighted by Crippen LogP contribution is 2.23. The largest absolute Gasteiger partial charge is 0.320 e. The second-order valence-corrected chi connectivity index (χ2v) is 8.34. The normalized spacial score (nSPS) is 11.7. The van der Waals surface area contributed by atoms with E-state index >= 15 is 0 Å². The van der Waals surface area contributed by atoms with E-state index in [1.807, 2.05) is 31.2 Å². The van der Waals surface area contributed by atoms with Gasteiger partial charge in [0.15, 0.2) is 0 Å². The Bertz CT molecular complexity index is 1110. The Morgan fingerprint density at radius 1 is 1.00 bits per heavy atom. The minimum absolute atomic E-state index is 0.176. The third kappa shape index (κ3) is 3.90. The van der Waals surface area contributed by atoms with E-state index in [0.29, 0.717) is 24.3 Å². The van der Waals surface area contributed by atoms with Gasteiger partial charge in [-0.25, -0.2) is 8.42 Å². The number of fused-ring (bicyclic) bond motifs is 1. The Balaban J connectivity index is 1.86. The van der Waals surface area contributed by atoms with Gasteiger partial charge < -0.3 is 5.32 Å². The predicted octanol–water partition coefficient (Wildman–Crippen LogP) is 3.83. The summed E-state index contributed by atoms with van der Waals surface area (Å²) >= 11 is 0. The fraction of sp³-hybridized carbons (Fsp3) is 0.238. The maximum absolute atomic E-state index is 12.7. The lowest BCUT2D eigenvalue weighted by Gasteiger charge is -2.18. The minimum Gasteiger partial charge on any atom is -0.320 e. The quantitative estimate of drug-likeness (QED) is 0.686. The number of rotatable bonds is 6. The Morgan fingerprint density at radius 3 is 2.32 bits per heavy atom. The number of hydrogen-bond acceptors (Lipinski definition) is 4. The molecule has 0 aliphatic rings. The zero-order valence-electron chi connectivity index (χ0n) is 16.1. The van der Waals surface area contributed by atoms with E-state index in [1.54, 1.807) is 19.9 Å². The molecule has 6 nitrogen and oxygen atoms in total. The SMILES string of the molecule is CCN(CC)S(=O)(=O)c1ccc(C(=O)Nc2cccc3ccc(C)nc23)cc1. The van der Waals surface area contributed by atoms with E-state index < -0.39 is 10.0 Å². The van der Waals surface area contributed by atoms with E-state index in [0.717, 1.165) is 16.6 Å². The molecular weight excluding hydrogens is 374 g/mol. The van der Waals surface area contributed by atoms with Crippen LogP contribution in [-0.2, 0) is 10.0 Å². The monoisotopic (exact) mass is 397 g/mol. The molecule has 0 spiro atoms. The van der Waals surface area contributed by atoms with Crippen molar-refractivity contribution >= 4 is 32.5 Å². The first-order valence-electron chi connectivity index (χ1n) is 9.14. The molecule has 146 valence electrons. The van der Waals surface area contributed by atoms with Crippen LogP contribution >= 0.6 is 0 Å². The van der Waals surface area contributed by atoms with Crippen molar-refractivity contribution in [3.63, 3.8) is 0 Å². The fourth-order valence-electron chi connectivity index (χ4n) is 3.03. The van der Waals surface area contributed by atoms with E-state index in [9.17, 15) is 13.2 Å². The molecule has 2 aromatic carbocycles. The van der Waals surface area contributed by atoms with Crippen LogP contribution in [0.5, 0.6) is 0 Å². The van der Waals surface area contributed by atoms with Crippen LogP contribution in [0.4, 0.5) is 5.69 Å². The molecule has 0 aliphatic heterocycles. The van der Waals surface area contributed by atoms with Gasteiger partial charge in [-0.15, -0.1) is 0 Å². The summed E-state index contributed by atoms with van der Waals surface area (Å²) in [5, 5.41) is 3.80. The van der Waals surface area contributed by atoms with Gasteiger partial charge in [-0.05, 0) is 43.3 Å². The van der Waals surface area contributed by atoms with Crippen molar-refractivity contribution in [1.82, 2.24) is 9.29 Å². The Morgan fingerprint density at radius 2 is 1.68 bits per heavy atom. The van der Waals surface area contributed by atoms with Crippen LogP contribution < -0.4 is 5.32 Å². The molecule has 1 amide bonds. The van der Waals surface area contributed by atoms with Crippen LogP contribution in [0.1, 0.15) is 29.9 Å². The summed E-state index contributed by atoms with van der Waals surface area (Å²) in [4.78, 5) is 17.3. The smallest absolute Gasteiger partial charge is 0.255 e. The first kappa shape index (κ1) is 20.0. The summed E-state index contributed by atoms with van der Waals surface area (Å²) in [5.41, 5.74) is 2.57. The zero-order valence-corrected chi connectivity index (χ0v) is 17.0. The van der Waals surface area contributed by atoms with Gasteiger partial charge in [0, 0.05) is 29.7 Å². The van der Waals surface area contributed by atoms with Gasteiger partial charge in [-0.2, -0.15) is 4.31 Å². The fourth-order valence-corrected chi connectivity index (χ4v) is 4.49. The van der Waals surface area contributed by atoms with Crippen LogP contribution in [0.25, 0.3) is 10.9 Å². The van der Waals surface area contributed by atoms with Crippen molar-refractivity contribution in [1.29, 1.82) is 0 Å². The molecule has 0 aliphatic carbocycles. The molecule has 0 saturated carbocycles. The number of aryl methyl sites for hydroxylation is 1. The number of sulfonamides is 1. The van der Waals surface area contributed by atoms with E-state index in [4.69, 9.17) is 0 Å². The third-order valence-corrected chi connectivity index (χ3v) is 6.63. The second kappa shape index (κ2) is 8.08. The Kier molecular flexibility index (Phi) is 5.76. The molecule has 28 heavy (non-hydrogen) atoms. The summed E-state index contributed by atoms with van der Waals surface area (Å²) in [6.07, 6.45) is 0. The summed E-state index contributed by atoms with van der Waals surface area (Å²) in [7, 11) is -3.54. The molecule has 7 heteroatoms. The van der Waals surface area contributed by atoms with E-state index in [1.165, 1.54) is 28.6 Å². The number of nitrogens with zero attached hydrogens (tertiary/aromatic N) is 2. The second-order valence-electron chi connectivity index (χ2n) is 6.40.